The minimum Gasteiger partial charge on any atom is -0.479 e. The van der Waals surface area contributed by atoms with Crippen molar-refractivity contribution in [3.8, 4) is 0 Å². The second kappa shape index (κ2) is 3.66. The highest BCUT2D eigenvalue weighted by atomic mass is 16.4. The number of hydrogen-bond donors (Lipinski definition) is 2. The minimum absolute atomic E-state index is 0.0843. The average Bonchev–Trinajstić information content (AvgIpc) is 3.00. The zero-order chi connectivity index (χ0) is 10.9. The van der Waals surface area contributed by atoms with E-state index in [1.165, 1.54) is 0 Å². The molecule has 0 aromatic heterocycles. The van der Waals surface area contributed by atoms with Gasteiger partial charge in [0.05, 0.1) is 0 Å². The average molecular weight is 206 g/mol. The Morgan fingerprint density at radius 3 is 2.40 bits per heavy atom. The van der Waals surface area contributed by atoms with Crippen molar-refractivity contribution in [1.29, 1.82) is 0 Å². The molecule has 0 bridgehead atoms. The molecule has 1 atom stereocenters. The fourth-order valence-corrected chi connectivity index (χ4v) is 2.01. The van der Waals surface area contributed by atoms with Gasteiger partial charge in [-0.3, -0.25) is 0 Å². The van der Waals surface area contributed by atoms with Crippen LogP contribution in [0.15, 0.2) is 30.3 Å². The summed E-state index contributed by atoms with van der Waals surface area (Å²) >= 11 is 0. The van der Waals surface area contributed by atoms with Crippen LogP contribution in [0.4, 0.5) is 0 Å². The van der Waals surface area contributed by atoms with Crippen molar-refractivity contribution in [3.05, 3.63) is 35.9 Å². The highest BCUT2D eigenvalue weighted by Gasteiger charge is 2.46. The molecule has 0 amide bonds. The zero-order valence-corrected chi connectivity index (χ0v) is 8.39. The molecule has 3 heteroatoms. The van der Waals surface area contributed by atoms with Crippen molar-refractivity contribution in [2.45, 2.75) is 30.8 Å². The first-order valence-electron chi connectivity index (χ1n) is 5.10. The normalized spacial score (nSPS) is 19.5. The molecule has 2 rings (SSSR count). The van der Waals surface area contributed by atoms with Crippen molar-refractivity contribution in [2.75, 3.05) is 0 Å². The molecule has 1 aromatic rings. The highest BCUT2D eigenvalue weighted by molar-refractivity contribution is 5.72. The second-order valence-electron chi connectivity index (χ2n) is 4.20. The molecule has 0 aliphatic heterocycles. The Hall–Kier alpha value is -1.35. The van der Waals surface area contributed by atoms with Gasteiger partial charge in [0.2, 0.25) is 0 Å². The van der Waals surface area contributed by atoms with Gasteiger partial charge in [-0.1, -0.05) is 30.3 Å². The van der Waals surface area contributed by atoms with Crippen LogP contribution in [0.1, 0.15) is 24.8 Å². The lowest BCUT2D eigenvalue weighted by Gasteiger charge is -2.17. The number of carboxylic acids is 1. The second-order valence-corrected chi connectivity index (χ2v) is 4.20. The molecule has 0 heterocycles. The van der Waals surface area contributed by atoms with E-state index in [9.17, 15) is 9.90 Å². The standard InChI is InChI=1S/C12H14O3/c13-10(11(14)15)8-12(6-7-12)9-4-2-1-3-5-9/h1-5,10,13H,6-8H2,(H,14,15). The molecule has 15 heavy (non-hydrogen) atoms. The third kappa shape index (κ3) is 2.02. The van der Waals surface area contributed by atoms with Gasteiger partial charge in [-0.25, -0.2) is 4.79 Å². The summed E-state index contributed by atoms with van der Waals surface area (Å²) in [4.78, 5) is 10.6. The van der Waals surface area contributed by atoms with E-state index in [4.69, 9.17) is 5.11 Å². The Morgan fingerprint density at radius 1 is 1.33 bits per heavy atom. The molecule has 0 spiro atoms. The van der Waals surface area contributed by atoms with E-state index in [0.717, 1.165) is 18.4 Å². The maximum atomic E-state index is 10.6. The SMILES string of the molecule is O=C(O)C(O)CC1(c2ccccc2)CC1. The van der Waals surface area contributed by atoms with E-state index in [1.807, 2.05) is 30.3 Å². The van der Waals surface area contributed by atoms with Crippen LogP contribution in [-0.2, 0) is 10.2 Å². The maximum absolute atomic E-state index is 10.6. The van der Waals surface area contributed by atoms with Crippen LogP contribution in [-0.4, -0.2) is 22.3 Å². The van der Waals surface area contributed by atoms with E-state index in [-0.39, 0.29) is 5.41 Å². The lowest BCUT2D eigenvalue weighted by molar-refractivity contribution is -0.147. The summed E-state index contributed by atoms with van der Waals surface area (Å²) in [6.07, 6.45) is 1.03. The number of rotatable bonds is 4. The Kier molecular flexibility index (Phi) is 2.49. The van der Waals surface area contributed by atoms with Crippen LogP contribution in [0.25, 0.3) is 0 Å². The topological polar surface area (TPSA) is 57.5 Å². The van der Waals surface area contributed by atoms with Gasteiger partial charge in [0.25, 0.3) is 0 Å². The molecule has 3 nitrogen and oxygen atoms in total. The lowest BCUT2D eigenvalue weighted by Crippen LogP contribution is -2.25. The van der Waals surface area contributed by atoms with Crippen LogP contribution >= 0.6 is 0 Å². The molecule has 80 valence electrons. The number of hydrogen-bond acceptors (Lipinski definition) is 2. The fourth-order valence-electron chi connectivity index (χ4n) is 2.01. The Balaban J connectivity index is 2.12. The van der Waals surface area contributed by atoms with Crippen molar-refractivity contribution in [2.24, 2.45) is 0 Å². The first kappa shape index (κ1) is 10.2. The third-order valence-electron chi connectivity index (χ3n) is 3.11. The first-order valence-corrected chi connectivity index (χ1v) is 5.10. The fraction of sp³-hybridized carbons (Fsp3) is 0.417. The monoisotopic (exact) mass is 206 g/mol. The highest BCUT2D eigenvalue weighted by Crippen LogP contribution is 2.51. The molecule has 1 unspecified atom stereocenters. The Bertz CT molecular complexity index is 354. The molecule has 1 fully saturated rings. The largest absolute Gasteiger partial charge is 0.479 e. The minimum atomic E-state index is -1.24. The molecule has 1 saturated carbocycles. The van der Waals surface area contributed by atoms with Gasteiger partial charge < -0.3 is 10.2 Å². The van der Waals surface area contributed by atoms with E-state index in [0.29, 0.717) is 6.42 Å². The van der Waals surface area contributed by atoms with Gasteiger partial charge in [-0.05, 0) is 30.2 Å². The molecule has 1 aromatic carbocycles. The number of carboxylic acid groups (broad SMARTS) is 1. The predicted molar refractivity (Wildman–Crippen MR) is 55.6 cm³/mol. The summed E-state index contributed by atoms with van der Waals surface area (Å²) in [6, 6.07) is 9.83. The number of aliphatic carboxylic acids is 1. The molecule has 2 N–H and O–H groups in total. The van der Waals surface area contributed by atoms with Crippen LogP contribution in [0, 0.1) is 0 Å². The molecular weight excluding hydrogens is 192 g/mol. The summed E-state index contributed by atoms with van der Waals surface area (Å²) < 4.78 is 0. The molecule has 1 aliphatic rings. The van der Waals surface area contributed by atoms with E-state index < -0.39 is 12.1 Å². The Labute approximate surface area is 88.4 Å². The van der Waals surface area contributed by atoms with E-state index >= 15 is 0 Å². The summed E-state index contributed by atoms with van der Waals surface area (Å²) in [5.74, 6) is -1.13. The smallest absolute Gasteiger partial charge is 0.332 e. The predicted octanol–water partition coefficient (Wildman–Crippen LogP) is 1.55. The lowest BCUT2D eigenvalue weighted by atomic mass is 9.90. The number of carbonyl (C=O) groups is 1. The third-order valence-corrected chi connectivity index (χ3v) is 3.11. The van der Waals surface area contributed by atoms with Crippen molar-refractivity contribution in [1.82, 2.24) is 0 Å². The van der Waals surface area contributed by atoms with Gasteiger partial charge in [0, 0.05) is 0 Å². The van der Waals surface area contributed by atoms with Crippen LogP contribution in [0.2, 0.25) is 0 Å². The van der Waals surface area contributed by atoms with E-state index in [1.54, 1.807) is 0 Å². The van der Waals surface area contributed by atoms with E-state index in [2.05, 4.69) is 0 Å². The quantitative estimate of drug-likeness (QED) is 0.785. The van der Waals surface area contributed by atoms with Gasteiger partial charge in [-0.15, -0.1) is 0 Å². The van der Waals surface area contributed by atoms with Crippen molar-refractivity contribution in [3.63, 3.8) is 0 Å². The molecule has 0 saturated heterocycles. The van der Waals surface area contributed by atoms with Crippen LogP contribution in [0.5, 0.6) is 0 Å². The van der Waals surface area contributed by atoms with Gasteiger partial charge in [-0.2, -0.15) is 0 Å². The summed E-state index contributed by atoms with van der Waals surface area (Å²) in [5.41, 5.74) is 1.06. The number of benzene rings is 1. The molecule has 0 radical (unpaired) electrons. The number of aliphatic hydroxyl groups is 1. The summed E-state index contributed by atoms with van der Waals surface area (Å²) in [7, 11) is 0. The van der Waals surface area contributed by atoms with Crippen molar-refractivity contribution < 1.29 is 15.0 Å². The maximum Gasteiger partial charge on any atom is 0.332 e. The molecular formula is C12H14O3. The van der Waals surface area contributed by atoms with Gasteiger partial charge in [0.15, 0.2) is 6.10 Å². The van der Waals surface area contributed by atoms with Crippen LogP contribution in [0.3, 0.4) is 0 Å². The summed E-state index contributed by atoms with van der Waals surface area (Å²) in [6.45, 7) is 0. The molecule has 1 aliphatic carbocycles. The van der Waals surface area contributed by atoms with Crippen molar-refractivity contribution >= 4 is 5.97 Å². The summed E-state index contributed by atoms with van der Waals surface area (Å²) in [5, 5.41) is 18.0. The number of aliphatic hydroxyl groups excluding tert-OH is 1. The van der Waals surface area contributed by atoms with Gasteiger partial charge >= 0.3 is 5.97 Å². The van der Waals surface area contributed by atoms with Crippen LogP contribution < -0.4 is 0 Å². The Morgan fingerprint density at radius 2 is 1.93 bits per heavy atom. The zero-order valence-electron chi connectivity index (χ0n) is 8.39. The van der Waals surface area contributed by atoms with Gasteiger partial charge in [0.1, 0.15) is 0 Å². The first-order chi connectivity index (χ1) is 7.14.